The molecule has 1 unspecified atom stereocenters. The summed E-state index contributed by atoms with van der Waals surface area (Å²) < 4.78 is 0. The van der Waals surface area contributed by atoms with E-state index in [0.717, 1.165) is 0 Å². The van der Waals surface area contributed by atoms with E-state index in [9.17, 15) is 14.7 Å². The molecule has 0 aliphatic heterocycles. The Kier molecular flexibility index (Phi) is 2.98. The molecule has 0 aromatic carbocycles. The van der Waals surface area contributed by atoms with Crippen LogP contribution in [0.15, 0.2) is 11.1 Å². The van der Waals surface area contributed by atoms with Crippen LogP contribution in [0.4, 0.5) is 0 Å². The van der Waals surface area contributed by atoms with Crippen molar-refractivity contribution in [2.24, 2.45) is 0 Å². The quantitative estimate of drug-likeness (QED) is 0.708. The predicted octanol–water partition coefficient (Wildman–Crippen LogP) is 1.01. The molecule has 1 atom stereocenters. The van der Waals surface area contributed by atoms with Gasteiger partial charge in [-0.15, -0.1) is 0 Å². The molecule has 0 radical (unpaired) electrons. The van der Waals surface area contributed by atoms with Gasteiger partial charge < -0.3 is 5.11 Å². The van der Waals surface area contributed by atoms with Crippen LogP contribution in [0.3, 0.4) is 0 Å². The maximum Gasteiger partial charge on any atom is 0.161 e. The van der Waals surface area contributed by atoms with Crippen molar-refractivity contribution in [3.63, 3.8) is 0 Å². The van der Waals surface area contributed by atoms with E-state index in [0.29, 0.717) is 30.4 Å². The number of hydrogen-bond acceptors (Lipinski definition) is 3. The molecular formula is C10H14O3. The number of rotatable bonds is 3. The van der Waals surface area contributed by atoms with Crippen molar-refractivity contribution in [2.45, 2.75) is 39.2 Å². The molecular weight excluding hydrogens is 168 g/mol. The molecule has 0 spiro atoms. The molecule has 0 aromatic heterocycles. The maximum atomic E-state index is 11.4. The first kappa shape index (κ1) is 10.1. The zero-order valence-electron chi connectivity index (χ0n) is 7.96. The summed E-state index contributed by atoms with van der Waals surface area (Å²) in [6, 6.07) is 0. The highest BCUT2D eigenvalue weighted by molar-refractivity contribution is 6.06. The van der Waals surface area contributed by atoms with Gasteiger partial charge in [-0.05, 0) is 19.8 Å². The summed E-state index contributed by atoms with van der Waals surface area (Å²) in [7, 11) is 0. The lowest BCUT2D eigenvalue weighted by Crippen LogP contribution is -2.15. The van der Waals surface area contributed by atoms with E-state index in [1.807, 2.05) is 0 Å². The zero-order valence-corrected chi connectivity index (χ0v) is 7.96. The summed E-state index contributed by atoms with van der Waals surface area (Å²) in [4.78, 5) is 22.5. The average Bonchev–Trinajstić information content (AvgIpc) is 2.46. The lowest BCUT2D eigenvalue weighted by molar-refractivity contribution is -0.117. The number of ketones is 2. The standard InChI is InChI=1S/C10H14O3/c1-3-8(12)10-7(6(2)11)4-5-9(10)13/h9,13H,3-5H2,1-2H3. The normalized spacial score (nSPS) is 22.2. The number of aliphatic hydroxyl groups is 1. The Morgan fingerprint density at radius 2 is 2.15 bits per heavy atom. The van der Waals surface area contributed by atoms with Crippen LogP contribution >= 0.6 is 0 Å². The van der Waals surface area contributed by atoms with E-state index in [-0.39, 0.29) is 11.6 Å². The minimum Gasteiger partial charge on any atom is -0.388 e. The van der Waals surface area contributed by atoms with E-state index in [2.05, 4.69) is 0 Å². The van der Waals surface area contributed by atoms with Gasteiger partial charge in [-0.1, -0.05) is 6.92 Å². The molecule has 0 bridgehead atoms. The second-order valence-corrected chi connectivity index (χ2v) is 3.28. The Bertz CT molecular complexity index is 276. The Morgan fingerprint density at radius 1 is 1.54 bits per heavy atom. The van der Waals surface area contributed by atoms with E-state index >= 15 is 0 Å². The molecule has 0 aromatic rings. The number of aliphatic hydroxyl groups excluding tert-OH is 1. The Labute approximate surface area is 77.4 Å². The molecule has 13 heavy (non-hydrogen) atoms. The minimum absolute atomic E-state index is 0.0895. The largest absolute Gasteiger partial charge is 0.388 e. The molecule has 0 saturated carbocycles. The Balaban J connectivity index is 3.03. The molecule has 1 aliphatic rings. The monoisotopic (exact) mass is 182 g/mol. The summed E-state index contributed by atoms with van der Waals surface area (Å²) in [5.74, 6) is -0.191. The zero-order chi connectivity index (χ0) is 10.0. The predicted molar refractivity (Wildman–Crippen MR) is 48.2 cm³/mol. The Hall–Kier alpha value is -0.960. The SMILES string of the molecule is CCC(=O)C1=C(C(C)=O)CCC1O. The summed E-state index contributed by atoms with van der Waals surface area (Å²) in [6.45, 7) is 3.18. The summed E-state index contributed by atoms with van der Waals surface area (Å²) >= 11 is 0. The van der Waals surface area contributed by atoms with Crippen molar-refractivity contribution in [3.8, 4) is 0 Å². The van der Waals surface area contributed by atoms with Crippen molar-refractivity contribution < 1.29 is 14.7 Å². The minimum atomic E-state index is -0.716. The molecule has 72 valence electrons. The van der Waals surface area contributed by atoms with Gasteiger partial charge in [0.15, 0.2) is 11.6 Å². The Morgan fingerprint density at radius 3 is 2.62 bits per heavy atom. The van der Waals surface area contributed by atoms with Crippen LogP contribution in [-0.2, 0) is 9.59 Å². The topological polar surface area (TPSA) is 54.4 Å². The number of hydrogen-bond donors (Lipinski definition) is 1. The number of carbonyl (C=O) groups excluding carboxylic acids is 2. The second kappa shape index (κ2) is 3.83. The molecule has 1 aliphatic carbocycles. The van der Waals surface area contributed by atoms with Gasteiger partial charge in [0, 0.05) is 17.6 Å². The summed E-state index contributed by atoms with van der Waals surface area (Å²) in [5.41, 5.74) is 0.884. The third-order valence-corrected chi connectivity index (χ3v) is 2.37. The lowest BCUT2D eigenvalue weighted by Gasteiger charge is -2.06. The van der Waals surface area contributed by atoms with Gasteiger partial charge >= 0.3 is 0 Å². The first-order valence-electron chi connectivity index (χ1n) is 4.53. The van der Waals surface area contributed by atoms with Crippen LogP contribution in [0.25, 0.3) is 0 Å². The van der Waals surface area contributed by atoms with Gasteiger partial charge in [0.2, 0.25) is 0 Å². The van der Waals surface area contributed by atoms with E-state index in [1.54, 1.807) is 6.92 Å². The smallest absolute Gasteiger partial charge is 0.161 e. The fraction of sp³-hybridized carbons (Fsp3) is 0.600. The van der Waals surface area contributed by atoms with Crippen molar-refractivity contribution in [2.75, 3.05) is 0 Å². The first-order chi connectivity index (χ1) is 6.07. The van der Waals surface area contributed by atoms with Gasteiger partial charge in [0.05, 0.1) is 6.10 Å². The molecule has 0 fully saturated rings. The second-order valence-electron chi connectivity index (χ2n) is 3.28. The van der Waals surface area contributed by atoms with E-state index in [1.165, 1.54) is 6.92 Å². The van der Waals surface area contributed by atoms with Crippen LogP contribution in [0, 0.1) is 0 Å². The third kappa shape index (κ3) is 1.86. The van der Waals surface area contributed by atoms with Gasteiger partial charge in [-0.3, -0.25) is 9.59 Å². The highest BCUT2D eigenvalue weighted by atomic mass is 16.3. The molecule has 1 rings (SSSR count). The highest BCUT2D eigenvalue weighted by Crippen LogP contribution is 2.28. The highest BCUT2D eigenvalue weighted by Gasteiger charge is 2.29. The first-order valence-corrected chi connectivity index (χ1v) is 4.53. The van der Waals surface area contributed by atoms with Crippen molar-refractivity contribution in [1.82, 2.24) is 0 Å². The molecule has 3 heteroatoms. The number of allylic oxidation sites excluding steroid dienone is 1. The molecule has 1 N–H and O–H groups in total. The van der Waals surface area contributed by atoms with E-state index < -0.39 is 6.10 Å². The van der Waals surface area contributed by atoms with Gasteiger partial charge in [0.1, 0.15) is 0 Å². The molecule has 0 amide bonds. The van der Waals surface area contributed by atoms with Crippen LogP contribution < -0.4 is 0 Å². The fourth-order valence-electron chi connectivity index (χ4n) is 1.67. The van der Waals surface area contributed by atoms with Gasteiger partial charge in [-0.25, -0.2) is 0 Å². The van der Waals surface area contributed by atoms with Gasteiger partial charge in [0.25, 0.3) is 0 Å². The van der Waals surface area contributed by atoms with Crippen molar-refractivity contribution in [1.29, 1.82) is 0 Å². The van der Waals surface area contributed by atoms with Gasteiger partial charge in [-0.2, -0.15) is 0 Å². The van der Waals surface area contributed by atoms with Crippen LogP contribution in [0.1, 0.15) is 33.1 Å². The number of carbonyl (C=O) groups is 2. The lowest BCUT2D eigenvalue weighted by atomic mass is 10.0. The van der Waals surface area contributed by atoms with Crippen LogP contribution in [0.2, 0.25) is 0 Å². The van der Waals surface area contributed by atoms with Crippen LogP contribution in [-0.4, -0.2) is 22.8 Å². The average molecular weight is 182 g/mol. The molecule has 0 saturated heterocycles. The van der Waals surface area contributed by atoms with Crippen molar-refractivity contribution >= 4 is 11.6 Å². The number of Topliss-reactive ketones (excluding diaryl/α,β-unsaturated/α-hetero) is 2. The van der Waals surface area contributed by atoms with Crippen LogP contribution in [0.5, 0.6) is 0 Å². The summed E-state index contributed by atoms with van der Waals surface area (Å²) in [5, 5.41) is 9.48. The molecule has 3 nitrogen and oxygen atoms in total. The third-order valence-electron chi connectivity index (χ3n) is 2.37. The summed E-state index contributed by atoms with van der Waals surface area (Å²) in [6.07, 6.45) is 0.683. The van der Waals surface area contributed by atoms with E-state index in [4.69, 9.17) is 0 Å². The molecule has 0 heterocycles. The maximum absolute atomic E-state index is 11.4. The fourth-order valence-corrected chi connectivity index (χ4v) is 1.67. The van der Waals surface area contributed by atoms with Crippen molar-refractivity contribution in [3.05, 3.63) is 11.1 Å².